The minimum atomic E-state index is 0.585. The van der Waals surface area contributed by atoms with E-state index in [4.69, 9.17) is 4.74 Å². The molecule has 1 aliphatic heterocycles. The van der Waals surface area contributed by atoms with Crippen molar-refractivity contribution in [2.75, 3.05) is 20.3 Å². The average molecular weight is 195 g/mol. The van der Waals surface area contributed by atoms with E-state index in [1.165, 1.54) is 0 Å². The Morgan fingerprint density at radius 1 is 1.57 bits per heavy atom. The molecule has 2 rings (SSSR count). The maximum atomic E-state index is 5.33. The lowest BCUT2D eigenvalue weighted by Crippen LogP contribution is -2.18. The van der Waals surface area contributed by atoms with Crippen molar-refractivity contribution >= 4 is 0 Å². The summed E-state index contributed by atoms with van der Waals surface area (Å²) >= 11 is 0. The van der Waals surface area contributed by atoms with Gasteiger partial charge in [-0.05, 0) is 19.9 Å². The molecule has 1 fully saturated rings. The van der Waals surface area contributed by atoms with Gasteiger partial charge in [0.15, 0.2) is 0 Å². The molecule has 4 heteroatoms. The summed E-state index contributed by atoms with van der Waals surface area (Å²) in [7, 11) is 1.94. The molecule has 0 spiro atoms. The molecule has 1 aliphatic rings. The first kappa shape index (κ1) is 9.68. The smallest absolute Gasteiger partial charge is 0.0952 e. The van der Waals surface area contributed by atoms with Crippen LogP contribution in [0.4, 0.5) is 0 Å². The van der Waals surface area contributed by atoms with Crippen LogP contribution in [0, 0.1) is 0 Å². The van der Waals surface area contributed by atoms with E-state index in [0.717, 1.165) is 38.3 Å². The molecule has 78 valence electrons. The maximum absolute atomic E-state index is 5.33. The van der Waals surface area contributed by atoms with E-state index in [1.807, 2.05) is 13.4 Å². The van der Waals surface area contributed by atoms with Gasteiger partial charge in [-0.15, -0.1) is 0 Å². The summed E-state index contributed by atoms with van der Waals surface area (Å²) in [6.45, 7) is 2.60. The number of imidazole rings is 1. The Morgan fingerprint density at radius 3 is 3.07 bits per heavy atom. The van der Waals surface area contributed by atoms with Gasteiger partial charge < -0.3 is 14.6 Å². The van der Waals surface area contributed by atoms with Crippen molar-refractivity contribution in [3.63, 3.8) is 0 Å². The van der Waals surface area contributed by atoms with E-state index in [2.05, 4.69) is 21.1 Å². The highest BCUT2D eigenvalue weighted by molar-refractivity contribution is 4.97. The largest absolute Gasteiger partial charge is 0.381 e. The summed E-state index contributed by atoms with van der Waals surface area (Å²) in [6, 6.07) is 0.585. The fourth-order valence-corrected chi connectivity index (χ4v) is 1.83. The zero-order valence-corrected chi connectivity index (χ0v) is 8.57. The Balaban J connectivity index is 2.00. The number of nitrogens with one attached hydrogen (secondary N) is 1. The molecule has 0 radical (unpaired) electrons. The molecule has 0 aromatic carbocycles. The standard InChI is InChI=1S/C10H17N3O/c1-11-6-9-7-13(8-12-9)10-2-4-14-5-3-10/h7-8,10-11H,2-6H2,1H3. The van der Waals surface area contributed by atoms with Gasteiger partial charge in [0, 0.05) is 32.0 Å². The van der Waals surface area contributed by atoms with Crippen molar-refractivity contribution in [1.29, 1.82) is 0 Å². The average Bonchev–Trinajstić information content (AvgIpc) is 2.68. The molecule has 4 nitrogen and oxygen atoms in total. The predicted molar refractivity (Wildman–Crippen MR) is 54.1 cm³/mol. The lowest BCUT2D eigenvalue weighted by molar-refractivity contribution is 0.0695. The second-order valence-electron chi connectivity index (χ2n) is 3.69. The third kappa shape index (κ3) is 2.13. The summed E-state index contributed by atoms with van der Waals surface area (Å²) < 4.78 is 7.55. The fraction of sp³-hybridized carbons (Fsp3) is 0.700. The van der Waals surface area contributed by atoms with Crippen LogP contribution in [0.5, 0.6) is 0 Å². The zero-order valence-electron chi connectivity index (χ0n) is 8.57. The van der Waals surface area contributed by atoms with E-state index in [-0.39, 0.29) is 0 Å². The van der Waals surface area contributed by atoms with Crippen LogP contribution in [0.2, 0.25) is 0 Å². The molecule has 0 aliphatic carbocycles. The SMILES string of the molecule is CNCc1cn(C2CCOCC2)cn1. The Kier molecular flexibility index (Phi) is 3.16. The monoisotopic (exact) mass is 195 g/mol. The minimum absolute atomic E-state index is 0.585. The van der Waals surface area contributed by atoms with Gasteiger partial charge >= 0.3 is 0 Å². The molecule has 0 bridgehead atoms. The molecule has 0 atom stereocenters. The van der Waals surface area contributed by atoms with E-state index in [0.29, 0.717) is 6.04 Å². The highest BCUT2D eigenvalue weighted by atomic mass is 16.5. The number of aromatic nitrogens is 2. The summed E-state index contributed by atoms with van der Waals surface area (Å²) in [5.74, 6) is 0. The first-order valence-corrected chi connectivity index (χ1v) is 5.15. The zero-order chi connectivity index (χ0) is 9.80. The number of hydrogen-bond acceptors (Lipinski definition) is 3. The molecule has 1 saturated heterocycles. The molecular formula is C10H17N3O. The molecule has 2 heterocycles. The van der Waals surface area contributed by atoms with Crippen molar-refractivity contribution in [3.8, 4) is 0 Å². The lowest BCUT2D eigenvalue weighted by atomic mass is 10.1. The molecular weight excluding hydrogens is 178 g/mol. The summed E-state index contributed by atoms with van der Waals surface area (Å²) in [5.41, 5.74) is 1.11. The van der Waals surface area contributed by atoms with E-state index >= 15 is 0 Å². The third-order valence-electron chi connectivity index (χ3n) is 2.63. The van der Waals surface area contributed by atoms with Crippen LogP contribution in [0.25, 0.3) is 0 Å². The predicted octanol–water partition coefficient (Wildman–Crippen LogP) is 0.954. The van der Waals surface area contributed by atoms with Gasteiger partial charge in [0.2, 0.25) is 0 Å². The van der Waals surface area contributed by atoms with Crippen LogP contribution in [0.15, 0.2) is 12.5 Å². The van der Waals surface area contributed by atoms with Gasteiger partial charge in [-0.1, -0.05) is 0 Å². The number of rotatable bonds is 3. The molecule has 1 aromatic heterocycles. The molecule has 1 aromatic rings. The van der Waals surface area contributed by atoms with E-state index < -0.39 is 0 Å². The van der Waals surface area contributed by atoms with Crippen LogP contribution in [-0.4, -0.2) is 29.8 Å². The van der Waals surface area contributed by atoms with E-state index in [1.54, 1.807) is 0 Å². The van der Waals surface area contributed by atoms with Crippen LogP contribution in [0.3, 0.4) is 0 Å². The Bertz CT molecular complexity index is 279. The third-order valence-corrected chi connectivity index (χ3v) is 2.63. The Hall–Kier alpha value is -0.870. The second-order valence-corrected chi connectivity index (χ2v) is 3.69. The van der Waals surface area contributed by atoms with Gasteiger partial charge in [-0.25, -0.2) is 4.98 Å². The van der Waals surface area contributed by atoms with Crippen molar-refractivity contribution < 1.29 is 4.74 Å². The van der Waals surface area contributed by atoms with Gasteiger partial charge in [-0.3, -0.25) is 0 Å². The molecule has 0 unspecified atom stereocenters. The van der Waals surface area contributed by atoms with Crippen LogP contribution in [0.1, 0.15) is 24.6 Å². The lowest BCUT2D eigenvalue weighted by Gasteiger charge is -2.22. The van der Waals surface area contributed by atoms with Gasteiger partial charge in [0.05, 0.1) is 12.0 Å². The first-order chi connectivity index (χ1) is 6.90. The molecule has 0 saturated carbocycles. The van der Waals surface area contributed by atoms with Crippen LogP contribution >= 0.6 is 0 Å². The minimum Gasteiger partial charge on any atom is -0.381 e. The number of hydrogen-bond donors (Lipinski definition) is 1. The fourth-order valence-electron chi connectivity index (χ4n) is 1.83. The Morgan fingerprint density at radius 2 is 2.36 bits per heavy atom. The van der Waals surface area contributed by atoms with Gasteiger partial charge in [-0.2, -0.15) is 0 Å². The van der Waals surface area contributed by atoms with Crippen molar-refractivity contribution in [2.24, 2.45) is 0 Å². The number of nitrogens with zero attached hydrogens (tertiary/aromatic N) is 2. The van der Waals surface area contributed by atoms with E-state index in [9.17, 15) is 0 Å². The normalized spacial score (nSPS) is 18.6. The number of ether oxygens (including phenoxy) is 1. The van der Waals surface area contributed by atoms with Gasteiger partial charge in [0.25, 0.3) is 0 Å². The molecule has 0 amide bonds. The highest BCUT2D eigenvalue weighted by Crippen LogP contribution is 2.20. The topological polar surface area (TPSA) is 39.1 Å². The summed E-state index contributed by atoms with van der Waals surface area (Å²) in [6.07, 6.45) is 6.28. The molecule has 1 N–H and O–H groups in total. The van der Waals surface area contributed by atoms with Crippen LogP contribution in [-0.2, 0) is 11.3 Å². The Labute approximate surface area is 84.3 Å². The van der Waals surface area contributed by atoms with Gasteiger partial charge in [0.1, 0.15) is 0 Å². The van der Waals surface area contributed by atoms with Crippen molar-refractivity contribution in [3.05, 3.63) is 18.2 Å². The molecule has 14 heavy (non-hydrogen) atoms. The summed E-state index contributed by atoms with van der Waals surface area (Å²) in [5, 5.41) is 3.10. The quantitative estimate of drug-likeness (QED) is 0.780. The van der Waals surface area contributed by atoms with Crippen LogP contribution < -0.4 is 5.32 Å². The van der Waals surface area contributed by atoms with Crippen molar-refractivity contribution in [1.82, 2.24) is 14.9 Å². The first-order valence-electron chi connectivity index (χ1n) is 5.15. The summed E-state index contributed by atoms with van der Waals surface area (Å²) in [4.78, 5) is 4.34. The maximum Gasteiger partial charge on any atom is 0.0952 e. The highest BCUT2D eigenvalue weighted by Gasteiger charge is 2.15. The van der Waals surface area contributed by atoms with Crippen molar-refractivity contribution in [2.45, 2.75) is 25.4 Å². The second kappa shape index (κ2) is 4.57.